The van der Waals surface area contributed by atoms with Crippen LogP contribution in [0.5, 0.6) is 0 Å². The SMILES string of the molecule is C=CCCCO[Si](C#CCCCC)(c1ccccc1)c1ccccc1. The predicted octanol–water partition coefficient (Wildman–Crippen LogP) is 4.46. The Morgan fingerprint density at radius 1 is 0.960 bits per heavy atom. The van der Waals surface area contributed by atoms with E-state index in [0.29, 0.717) is 6.61 Å². The lowest BCUT2D eigenvalue weighted by Gasteiger charge is -2.27. The van der Waals surface area contributed by atoms with Gasteiger partial charge in [0.2, 0.25) is 0 Å². The summed E-state index contributed by atoms with van der Waals surface area (Å²) in [6.07, 6.45) is 7.13. The second-order valence-electron chi connectivity index (χ2n) is 6.10. The number of allylic oxidation sites excluding steroid dienone is 1. The molecule has 0 spiro atoms. The first kappa shape index (κ1) is 19.2. The van der Waals surface area contributed by atoms with E-state index in [1.54, 1.807) is 0 Å². The molecule has 0 saturated carbocycles. The summed E-state index contributed by atoms with van der Waals surface area (Å²) in [4.78, 5) is 0. The van der Waals surface area contributed by atoms with Crippen molar-refractivity contribution in [1.82, 2.24) is 0 Å². The Balaban J connectivity index is 2.43. The van der Waals surface area contributed by atoms with Crippen LogP contribution in [0.3, 0.4) is 0 Å². The Morgan fingerprint density at radius 3 is 2.08 bits per heavy atom. The number of hydrogen-bond acceptors (Lipinski definition) is 1. The highest BCUT2D eigenvalue weighted by atomic mass is 28.4. The summed E-state index contributed by atoms with van der Waals surface area (Å²) in [6, 6.07) is 21.1. The summed E-state index contributed by atoms with van der Waals surface area (Å²) in [5.41, 5.74) is 3.62. The smallest absolute Gasteiger partial charge is 0.337 e. The molecule has 0 unspecified atom stereocenters. The lowest BCUT2D eigenvalue weighted by Crippen LogP contribution is -2.60. The molecule has 25 heavy (non-hydrogen) atoms. The van der Waals surface area contributed by atoms with Crippen molar-refractivity contribution in [3.63, 3.8) is 0 Å². The lowest BCUT2D eigenvalue weighted by atomic mass is 10.3. The molecule has 0 bridgehead atoms. The van der Waals surface area contributed by atoms with Gasteiger partial charge in [-0.25, -0.2) is 0 Å². The highest BCUT2D eigenvalue weighted by Crippen LogP contribution is 2.09. The molecular weight excluding hydrogens is 320 g/mol. The van der Waals surface area contributed by atoms with Crippen LogP contribution in [0.4, 0.5) is 0 Å². The topological polar surface area (TPSA) is 9.23 Å². The van der Waals surface area contributed by atoms with Crippen molar-refractivity contribution in [1.29, 1.82) is 0 Å². The van der Waals surface area contributed by atoms with Gasteiger partial charge in [-0.1, -0.05) is 85.6 Å². The third-order valence-corrected chi connectivity index (χ3v) is 7.61. The predicted molar refractivity (Wildman–Crippen MR) is 111 cm³/mol. The average Bonchev–Trinajstić information content (AvgIpc) is 2.68. The van der Waals surface area contributed by atoms with Gasteiger partial charge in [0.05, 0.1) is 0 Å². The van der Waals surface area contributed by atoms with E-state index < -0.39 is 8.32 Å². The highest BCUT2D eigenvalue weighted by Gasteiger charge is 2.38. The van der Waals surface area contributed by atoms with Crippen LogP contribution in [0.2, 0.25) is 0 Å². The molecule has 0 atom stereocenters. The van der Waals surface area contributed by atoms with Gasteiger partial charge in [-0.3, -0.25) is 0 Å². The van der Waals surface area contributed by atoms with Crippen molar-refractivity contribution < 1.29 is 4.43 Å². The number of unbranched alkanes of at least 4 members (excludes halogenated alkanes) is 3. The molecule has 2 heteroatoms. The third-order valence-electron chi connectivity index (χ3n) is 4.15. The summed E-state index contributed by atoms with van der Waals surface area (Å²) >= 11 is 0. The van der Waals surface area contributed by atoms with Gasteiger partial charge in [-0.2, -0.15) is 0 Å². The van der Waals surface area contributed by atoms with Gasteiger partial charge in [-0.05, 0) is 29.6 Å². The van der Waals surface area contributed by atoms with Crippen LogP contribution in [0.15, 0.2) is 73.3 Å². The fraction of sp³-hybridized carbons (Fsp3) is 0.304. The van der Waals surface area contributed by atoms with Crippen molar-refractivity contribution in [2.75, 3.05) is 6.61 Å². The van der Waals surface area contributed by atoms with Gasteiger partial charge in [0.1, 0.15) is 0 Å². The molecule has 0 N–H and O–H groups in total. The lowest BCUT2D eigenvalue weighted by molar-refractivity contribution is 0.318. The molecule has 0 aliphatic heterocycles. The molecule has 0 saturated heterocycles. The Hall–Kier alpha value is -2.08. The molecule has 0 fully saturated rings. The fourth-order valence-electron chi connectivity index (χ4n) is 2.76. The van der Waals surface area contributed by atoms with Gasteiger partial charge in [0.15, 0.2) is 0 Å². The minimum absolute atomic E-state index is 0.713. The summed E-state index contributed by atoms with van der Waals surface area (Å²) in [5, 5.41) is 2.45. The monoisotopic (exact) mass is 348 g/mol. The van der Waals surface area contributed by atoms with Crippen molar-refractivity contribution in [2.45, 2.75) is 39.0 Å². The van der Waals surface area contributed by atoms with Crippen LogP contribution in [0.25, 0.3) is 0 Å². The quantitative estimate of drug-likeness (QED) is 0.281. The Labute approximate surface area is 153 Å². The van der Waals surface area contributed by atoms with E-state index in [-0.39, 0.29) is 0 Å². The maximum Gasteiger partial charge on any atom is 0.337 e. The van der Waals surface area contributed by atoms with Crippen LogP contribution in [-0.4, -0.2) is 14.9 Å². The molecule has 0 heterocycles. The molecule has 0 aliphatic rings. The van der Waals surface area contributed by atoms with E-state index in [0.717, 1.165) is 25.7 Å². The molecule has 0 aromatic heterocycles. The summed E-state index contributed by atoms with van der Waals surface area (Å²) < 4.78 is 6.60. The second kappa shape index (κ2) is 10.7. The third kappa shape index (κ3) is 5.46. The Bertz CT molecular complexity index is 643. The van der Waals surface area contributed by atoms with E-state index in [9.17, 15) is 0 Å². The van der Waals surface area contributed by atoms with E-state index in [1.165, 1.54) is 16.8 Å². The molecule has 0 amide bonds. The maximum absolute atomic E-state index is 6.60. The molecular formula is C23H28OSi. The molecule has 2 aromatic carbocycles. The Kier molecular flexibility index (Phi) is 8.25. The van der Waals surface area contributed by atoms with E-state index >= 15 is 0 Å². The van der Waals surface area contributed by atoms with Crippen molar-refractivity contribution >= 4 is 18.7 Å². The largest absolute Gasteiger partial charge is 0.399 e. The molecule has 1 nitrogen and oxygen atoms in total. The van der Waals surface area contributed by atoms with Gasteiger partial charge >= 0.3 is 8.32 Å². The fourth-order valence-corrected chi connectivity index (χ4v) is 5.94. The molecule has 130 valence electrons. The van der Waals surface area contributed by atoms with Crippen molar-refractivity contribution in [3.8, 4) is 11.5 Å². The highest BCUT2D eigenvalue weighted by molar-refractivity contribution is 7.03. The molecule has 2 aromatic rings. The van der Waals surface area contributed by atoms with Crippen LogP contribution >= 0.6 is 0 Å². The normalized spacial score (nSPS) is 10.8. The first-order valence-electron chi connectivity index (χ1n) is 9.19. The summed E-state index contributed by atoms with van der Waals surface area (Å²) in [7, 11) is -2.54. The zero-order chi connectivity index (χ0) is 17.8. The second-order valence-corrected chi connectivity index (χ2v) is 9.15. The standard InChI is InChI=1S/C23H28OSi/c1-3-5-7-15-21-25(24-20-14-6-4-2,22-16-10-8-11-17-22)23-18-12-9-13-19-23/h4,8-13,16-19H,2-3,5-7,14,20H2,1H3. The minimum Gasteiger partial charge on any atom is -0.399 e. The number of benzene rings is 2. The molecule has 0 radical (unpaired) electrons. The molecule has 2 rings (SSSR count). The summed E-state index contributed by atoms with van der Waals surface area (Å²) in [6.45, 7) is 6.72. The molecule has 0 aliphatic carbocycles. The van der Waals surface area contributed by atoms with Crippen LogP contribution in [-0.2, 0) is 4.43 Å². The van der Waals surface area contributed by atoms with Crippen molar-refractivity contribution in [3.05, 3.63) is 73.3 Å². The summed E-state index contributed by atoms with van der Waals surface area (Å²) in [5.74, 6) is 3.43. The first-order valence-corrected chi connectivity index (χ1v) is 11.1. The zero-order valence-corrected chi connectivity index (χ0v) is 16.2. The van der Waals surface area contributed by atoms with E-state index in [1.807, 2.05) is 6.08 Å². The van der Waals surface area contributed by atoms with E-state index in [2.05, 4.69) is 85.6 Å². The average molecular weight is 349 g/mol. The van der Waals surface area contributed by atoms with Gasteiger partial charge < -0.3 is 4.43 Å². The van der Waals surface area contributed by atoms with Crippen LogP contribution in [0.1, 0.15) is 39.0 Å². The number of hydrogen-bond donors (Lipinski definition) is 0. The zero-order valence-electron chi connectivity index (χ0n) is 15.2. The Morgan fingerprint density at radius 2 is 1.56 bits per heavy atom. The van der Waals surface area contributed by atoms with E-state index in [4.69, 9.17) is 4.43 Å². The van der Waals surface area contributed by atoms with Gasteiger partial charge in [-0.15, -0.1) is 12.5 Å². The van der Waals surface area contributed by atoms with Crippen molar-refractivity contribution in [2.24, 2.45) is 0 Å². The van der Waals surface area contributed by atoms with Gasteiger partial charge in [0.25, 0.3) is 0 Å². The minimum atomic E-state index is -2.54. The van der Waals surface area contributed by atoms with Gasteiger partial charge in [0, 0.05) is 13.0 Å². The number of rotatable bonds is 9. The maximum atomic E-state index is 6.60. The van der Waals surface area contributed by atoms with Crippen LogP contribution in [0, 0.1) is 11.5 Å². The van der Waals surface area contributed by atoms with Crippen LogP contribution < -0.4 is 10.4 Å². The first-order chi connectivity index (χ1) is 12.3.